The third kappa shape index (κ3) is 3.32. The number of carbonyl (C=O) groups excluding carboxylic acids is 2. The van der Waals surface area contributed by atoms with Crippen LogP contribution in [0.5, 0.6) is 0 Å². The molecule has 114 valence electrons. The van der Waals surface area contributed by atoms with E-state index >= 15 is 0 Å². The van der Waals surface area contributed by atoms with Gasteiger partial charge in [0.1, 0.15) is 6.04 Å². The lowest BCUT2D eigenvalue weighted by Gasteiger charge is -2.38. The molecule has 0 aliphatic carbocycles. The molecule has 0 aromatic heterocycles. The lowest BCUT2D eigenvalue weighted by atomic mass is 9.99. The Bertz CT molecular complexity index is 353. The van der Waals surface area contributed by atoms with Crippen LogP contribution in [0.15, 0.2) is 0 Å². The third-order valence-electron chi connectivity index (χ3n) is 4.50. The van der Waals surface area contributed by atoms with Crippen molar-refractivity contribution in [1.82, 2.24) is 15.1 Å². The predicted molar refractivity (Wildman–Crippen MR) is 78.3 cm³/mol. The molecule has 2 heterocycles. The van der Waals surface area contributed by atoms with Gasteiger partial charge in [-0.1, -0.05) is 6.92 Å². The van der Waals surface area contributed by atoms with E-state index in [1.807, 2.05) is 23.8 Å². The number of nitrogens with zero attached hydrogens (tertiary/aromatic N) is 2. The van der Waals surface area contributed by atoms with Gasteiger partial charge < -0.3 is 15.1 Å². The number of piperidine rings is 1. The predicted octanol–water partition coefficient (Wildman–Crippen LogP) is 0.988. The van der Waals surface area contributed by atoms with Gasteiger partial charge in [-0.05, 0) is 38.6 Å². The molecule has 1 N–H and O–H groups in total. The summed E-state index contributed by atoms with van der Waals surface area (Å²) in [7, 11) is 1.89. The van der Waals surface area contributed by atoms with Crippen molar-refractivity contribution in [2.24, 2.45) is 0 Å². The van der Waals surface area contributed by atoms with Crippen molar-refractivity contribution in [2.75, 3.05) is 26.7 Å². The molecular weight excluding hydrogens is 254 g/mol. The Balaban J connectivity index is 2.02. The highest BCUT2D eigenvalue weighted by atomic mass is 16.2. The van der Waals surface area contributed by atoms with Gasteiger partial charge in [0.25, 0.3) is 0 Å². The van der Waals surface area contributed by atoms with Gasteiger partial charge in [-0.25, -0.2) is 0 Å². The first-order valence-corrected chi connectivity index (χ1v) is 7.92. The molecule has 2 saturated heterocycles. The second-order valence-electron chi connectivity index (χ2n) is 5.94. The molecule has 0 saturated carbocycles. The number of amides is 2. The molecule has 20 heavy (non-hydrogen) atoms. The van der Waals surface area contributed by atoms with Gasteiger partial charge in [-0.15, -0.1) is 0 Å². The lowest BCUT2D eigenvalue weighted by Crippen LogP contribution is -2.54. The molecule has 0 spiro atoms. The minimum absolute atomic E-state index is 0.128. The van der Waals surface area contributed by atoms with Crippen LogP contribution in [0.3, 0.4) is 0 Å². The average molecular weight is 281 g/mol. The van der Waals surface area contributed by atoms with E-state index < -0.39 is 0 Å². The van der Waals surface area contributed by atoms with Crippen molar-refractivity contribution in [2.45, 2.75) is 57.5 Å². The van der Waals surface area contributed by atoms with Crippen molar-refractivity contribution in [3.05, 3.63) is 0 Å². The number of hydrogen-bond acceptors (Lipinski definition) is 3. The SMILES string of the molecule is CCCC(=O)N1CCCCC1C(=O)N(C)C1CCNC1. The average Bonchev–Trinajstić information content (AvgIpc) is 3.00. The molecule has 2 amide bonds. The summed E-state index contributed by atoms with van der Waals surface area (Å²) < 4.78 is 0. The zero-order chi connectivity index (χ0) is 14.5. The van der Waals surface area contributed by atoms with Gasteiger partial charge in [-0.3, -0.25) is 9.59 Å². The standard InChI is InChI=1S/C15H27N3O2/c1-3-6-14(19)18-10-5-4-7-13(18)15(20)17(2)12-8-9-16-11-12/h12-13,16H,3-11H2,1-2H3. The second-order valence-corrected chi connectivity index (χ2v) is 5.94. The first-order valence-electron chi connectivity index (χ1n) is 7.92. The summed E-state index contributed by atoms with van der Waals surface area (Å²) in [4.78, 5) is 28.6. The highest BCUT2D eigenvalue weighted by molar-refractivity contribution is 5.88. The number of carbonyl (C=O) groups is 2. The molecular formula is C15H27N3O2. The number of nitrogens with one attached hydrogen (secondary N) is 1. The number of rotatable bonds is 4. The molecule has 5 heteroatoms. The maximum atomic E-state index is 12.7. The monoisotopic (exact) mass is 281 g/mol. The van der Waals surface area contributed by atoms with E-state index in [-0.39, 0.29) is 23.9 Å². The van der Waals surface area contributed by atoms with Crippen molar-refractivity contribution >= 4 is 11.8 Å². The smallest absolute Gasteiger partial charge is 0.245 e. The van der Waals surface area contributed by atoms with Crippen molar-refractivity contribution in [1.29, 1.82) is 0 Å². The number of likely N-dealkylation sites (tertiary alicyclic amines) is 1. The molecule has 2 fully saturated rings. The van der Waals surface area contributed by atoms with Crippen LogP contribution < -0.4 is 5.32 Å². The topological polar surface area (TPSA) is 52.7 Å². The first-order chi connectivity index (χ1) is 9.65. The second kappa shape index (κ2) is 7.07. The van der Waals surface area contributed by atoms with Gasteiger partial charge in [-0.2, -0.15) is 0 Å². The van der Waals surface area contributed by atoms with Crippen molar-refractivity contribution in [3.63, 3.8) is 0 Å². The highest BCUT2D eigenvalue weighted by Gasteiger charge is 2.35. The summed E-state index contributed by atoms with van der Waals surface area (Å²) in [5, 5.41) is 3.29. The highest BCUT2D eigenvalue weighted by Crippen LogP contribution is 2.21. The Kier molecular flexibility index (Phi) is 5.40. The normalized spacial score (nSPS) is 26.6. The van der Waals surface area contributed by atoms with E-state index in [0.717, 1.165) is 51.7 Å². The first kappa shape index (κ1) is 15.3. The van der Waals surface area contributed by atoms with Gasteiger partial charge in [0.15, 0.2) is 0 Å². The minimum Gasteiger partial charge on any atom is -0.340 e. The van der Waals surface area contributed by atoms with Gasteiger partial charge in [0, 0.05) is 32.6 Å². The van der Waals surface area contributed by atoms with E-state index in [4.69, 9.17) is 0 Å². The van der Waals surface area contributed by atoms with Crippen LogP contribution in [0.2, 0.25) is 0 Å². The number of hydrogen-bond donors (Lipinski definition) is 1. The van der Waals surface area contributed by atoms with Crippen LogP contribution in [-0.2, 0) is 9.59 Å². The van der Waals surface area contributed by atoms with Crippen LogP contribution in [0.1, 0.15) is 45.4 Å². The van der Waals surface area contributed by atoms with E-state index in [1.54, 1.807) is 0 Å². The fourth-order valence-corrected chi connectivity index (χ4v) is 3.23. The molecule has 5 nitrogen and oxygen atoms in total. The Hall–Kier alpha value is -1.10. The van der Waals surface area contributed by atoms with Crippen LogP contribution in [0, 0.1) is 0 Å². The van der Waals surface area contributed by atoms with Gasteiger partial charge >= 0.3 is 0 Å². The number of likely N-dealkylation sites (N-methyl/N-ethyl adjacent to an activating group) is 1. The zero-order valence-electron chi connectivity index (χ0n) is 12.7. The van der Waals surface area contributed by atoms with E-state index in [9.17, 15) is 9.59 Å². The largest absolute Gasteiger partial charge is 0.340 e. The Morgan fingerprint density at radius 3 is 2.75 bits per heavy atom. The van der Waals surface area contributed by atoms with E-state index in [1.165, 1.54) is 0 Å². The van der Waals surface area contributed by atoms with Crippen LogP contribution in [0.25, 0.3) is 0 Å². The summed E-state index contributed by atoms with van der Waals surface area (Å²) in [5.41, 5.74) is 0. The minimum atomic E-state index is -0.228. The van der Waals surface area contributed by atoms with Crippen LogP contribution >= 0.6 is 0 Å². The molecule has 0 bridgehead atoms. The molecule has 2 aliphatic heterocycles. The molecule has 2 unspecified atom stereocenters. The van der Waals surface area contributed by atoms with Gasteiger partial charge in [0.2, 0.25) is 11.8 Å². The lowest BCUT2D eigenvalue weighted by molar-refractivity contribution is -0.148. The third-order valence-corrected chi connectivity index (χ3v) is 4.50. The zero-order valence-corrected chi connectivity index (χ0v) is 12.7. The Morgan fingerprint density at radius 2 is 2.10 bits per heavy atom. The fraction of sp³-hybridized carbons (Fsp3) is 0.867. The van der Waals surface area contributed by atoms with E-state index in [0.29, 0.717) is 6.42 Å². The maximum absolute atomic E-state index is 12.7. The molecule has 0 aromatic carbocycles. The Labute approximate surface area is 121 Å². The summed E-state index contributed by atoms with van der Waals surface area (Å²) in [6.07, 6.45) is 5.30. The molecule has 2 rings (SSSR count). The summed E-state index contributed by atoms with van der Waals surface area (Å²) >= 11 is 0. The summed E-state index contributed by atoms with van der Waals surface area (Å²) in [6, 6.07) is 0.0564. The molecule has 2 aliphatic rings. The van der Waals surface area contributed by atoms with Gasteiger partial charge in [0.05, 0.1) is 0 Å². The van der Waals surface area contributed by atoms with E-state index in [2.05, 4.69) is 5.32 Å². The molecule has 0 aromatic rings. The van der Waals surface area contributed by atoms with Crippen LogP contribution in [0.4, 0.5) is 0 Å². The summed E-state index contributed by atoms with van der Waals surface area (Å²) in [6.45, 7) is 4.60. The van der Waals surface area contributed by atoms with Crippen molar-refractivity contribution < 1.29 is 9.59 Å². The van der Waals surface area contributed by atoms with Crippen molar-refractivity contribution in [3.8, 4) is 0 Å². The quantitative estimate of drug-likeness (QED) is 0.836. The fourth-order valence-electron chi connectivity index (χ4n) is 3.23. The molecule has 0 radical (unpaired) electrons. The summed E-state index contributed by atoms with van der Waals surface area (Å²) in [5.74, 6) is 0.270. The maximum Gasteiger partial charge on any atom is 0.245 e. The molecule has 2 atom stereocenters. The Morgan fingerprint density at radius 1 is 1.30 bits per heavy atom. The van der Waals surface area contributed by atoms with Crippen LogP contribution in [-0.4, -0.2) is 60.4 Å².